The summed E-state index contributed by atoms with van der Waals surface area (Å²) in [4.78, 5) is 0. The summed E-state index contributed by atoms with van der Waals surface area (Å²) in [6.45, 7) is 0. The Morgan fingerprint density at radius 2 is 1.44 bits per heavy atom. The van der Waals surface area contributed by atoms with Crippen molar-refractivity contribution in [1.82, 2.24) is 0 Å². The normalized spacial score (nSPS) is 9.50. The van der Waals surface area contributed by atoms with Gasteiger partial charge in [-0.2, -0.15) is 0 Å². The average molecular weight is 394 g/mol. The van der Waals surface area contributed by atoms with Crippen molar-refractivity contribution < 1.29 is 31.4 Å². The highest BCUT2D eigenvalue weighted by Gasteiger charge is 2.16. The molecule has 0 amide bonds. The van der Waals surface area contributed by atoms with E-state index in [0.29, 0.717) is 0 Å². The Morgan fingerprint density at radius 1 is 0.750 bits per heavy atom. The number of rotatable bonds is 2. The molecule has 84 valence electrons. The van der Waals surface area contributed by atoms with E-state index in [-0.39, 0.29) is 49.7 Å². The van der Waals surface area contributed by atoms with Gasteiger partial charge in [0.2, 0.25) is 0 Å². The molecule has 2 N–H and O–H groups in total. The van der Waals surface area contributed by atoms with Crippen molar-refractivity contribution in [3.05, 3.63) is 55.7 Å². The second-order valence-electron chi connectivity index (χ2n) is 3.02. The molecule has 2 aromatic rings. The lowest BCUT2D eigenvalue weighted by Crippen LogP contribution is -3.61. The summed E-state index contributed by atoms with van der Waals surface area (Å²) in [7, 11) is 0. The molecular weight excluding hydrogens is 383 g/mol. The molecule has 0 spiro atoms. The second-order valence-corrected chi connectivity index (χ2v) is 6.05. The van der Waals surface area contributed by atoms with Crippen LogP contribution >= 0.6 is 17.0 Å². The predicted octanol–water partition coefficient (Wildman–Crippen LogP) is -0.196. The van der Waals surface area contributed by atoms with Crippen LogP contribution in [0.15, 0.2) is 48.5 Å². The lowest BCUT2D eigenvalue weighted by Gasteiger charge is -1.93. The first-order valence-electron chi connectivity index (χ1n) is 4.47. The van der Waals surface area contributed by atoms with Crippen LogP contribution < -0.4 is 21.2 Å². The minimum Gasteiger partial charge on any atom is -0.504 e. The van der Waals surface area contributed by atoms with Gasteiger partial charge in [-0.05, 0) is 24.3 Å². The maximum absolute atomic E-state index is 9.35. The maximum Gasteiger partial charge on any atom is 0.358 e. The van der Waals surface area contributed by atoms with Crippen LogP contribution in [-0.2, 0) is 0 Å². The van der Waals surface area contributed by atoms with Gasteiger partial charge in [0.25, 0.3) is 0 Å². The molecule has 2 nitrogen and oxygen atoms in total. The van der Waals surface area contributed by atoms with Gasteiger partial charge >= 0.3 is 21.2 Å². The molecule has 0 heterocycles. The van der Waals surface area contributed by atoms with E-state index in [9.17, 15) is 10.2 Å². The van der Waals surface area contributed by atoms with E-state index < -0.39 is 0 Å². The minimum atomic E-state index is -0.272. The number of halogens is 2. The largest absolute Gasteiger partial charge is 0.504 e. The second kappa shape index (κ2) is 6.10. The zero-order valence-corrected chi connectivity index (χ0v) is 12.2. The minimum absolute atomic E-state index is 0. The van der Waals surface area contributed by atoms with Crippen LogP contribution in [0.1, 0.15) is 0 Å². The van der Waals surface area contributed by atoms with E-state index in [1.165, 1.54) is 9.64 Å². The van der Waals surface area contributed by atoms with E-state index in [0.717, 1.165) is 3.57 Å². The zero-order chi connectivity index (χ0) is 10.7. The topological polar surface area (TPSA) is 40.5 Å². The van der Waals surface area contributed by atoms with Gasteiger partial charge in [-0.1, -0.05) is 18.2 Å². The van der Waals surface area contributed by atoms with Gasteiger partial charge in [0.1, 0.15) is 0 Å². The summed E-state index contributed by atoms with van der Waals surface area (Å²) < 4.78 is 2.39. The van der Waals surface area contributed by atoms with Crippen LogP contribution in [0.5, 0.6) is 11.5 Å². The van der Waals surface area contributed by atoms with Crippen LogP contribution in [0, 0.1) is 7.14 Å². The molecule has 0 unspecified atom stereocenters. The van der Waals surface area contributed by atoms with Crippen molar-refractivity contribution in [2.24, 2.45) is 0 Å². The fourth-order valence-corrected chi connectivity index (χ4v) is 3.46. The standard InChI is InChI=1S/C12H9IO2.BrH/c14-11-7-6-10(8-12(11)15)13-9-4-2-1-3-5-9;/h1-8H,(H-,14,15);1H/p+1. The van der Waals surface area contributed by atoms with E-state index in [1.54, 1.807) is 6.07 Å². The van der Waals surface area contributed by atoms with Crippen LogP contribution in [0.25, 0.3) is 0 Å². The Labute approximate surface area is 115 Å². The molecule has 0 saturated carbocycles. The van der Waals surface area contributed by atoms with Gasteiger partial charge in [-0.25, -0.2) is 0 Å². The zero-order valence-electron chi connectivity index (χ0n) is 8.30. The van der Waals surface area contributed by atoms with Gasteiger partial charge in [0.15, 0.2) is 18.6 Å². The van der Waals surface area contributed by atoms with Gasteiger partial charge in [0, 0.05) is 6.07 Å². The van der Waals surface area contributed by atoms with Crippen LogP contribution in [0.3, 0.4) is 0 Å². The molecule has 0 bridgehead atoms. The molecule has 2 rings (SSSR count). The van der Waals surface area contributed by atoms with Gasteiger partial charge in [0.05, 0.1) is 0 Å². The molecule has 0 aliphatic carbocycles. The number of hydrogen-bond acceptors (Lipinski definition) is 2. The van der Waals surface area contributed by atoms with Crippen molar-refractivity contribution in [2.45, 2.75) is 0 Å². The fraction of sp³-hybridized carbons (Fsp3) is 0. The average Bonchev–Trinajstić information content (AvgIpc) is 2.25. The van der Waals surface area contributed by atoms with Crippen LogP contribution in [-0.4, -0.2) is 10.2 Å². The Bertz CT molecular complexity index is 460. The number of phenolic OH excluding ortho intramolecular Hbond substituents is 2. The Morgan fingerprint density at radius 3 is 2.06 bits per heavy atom. The summed E-state index contributed by atoms with van der Waals surface area (Å²) >= 11 is -0.272. The van der Waals surface area contributed by atoms with Crippen molar-refractivity contribution in [2.75, 3.05) is 0 Å². The Hall–Kier alpha value is -0.750. The Kier molecular flexibility index (Phi) is 5.08. The SMILES string of the molecule is Br.Oc1ccc([I+]c2ccccc2)cc1O. The molecule has 0 radical (unpaired) electrons. The van der Waals surface area contributed by atoms with Crippen molar-refractivity contribution in [3.63, 3.8) is 0 Å². The molecule has 0 atom stereocenters. The molecule has 2 aromatic carbocycles. The molecule has 16 heavy (non-hydrogen) atoms. The summed E-state index contributed by atoms with van der Waals surface area (Å²) in [5.74, 6) is -0.0982. The summed E-state index contributed by atoms with van der Waals surface area (Å²) in [5.41, 5.74) is 0. The van der Waals surface area contributed by atoms with Gasteiger partial charge in [-0.15, -0.1) is 17.0 Å². The lowest BCUT2D eigenvalue weighted by molar-refractivity contribution is -0.597. The van der Waals surface area contributed by atoms with E-state index in [2.05, 4.69) is 12.1 Å². The molecule has 0 fully saturated rings. The molecule has 4 heteroatoms. The van der Waals surface area contributed by atoms with Crippen molar-refractivity contribution in [3.8, 4) is 11.5 Å². The lowest BCUT2D eigenvalue weighted by atomic mass is 10.3. The number of phenols is 2. The van der Waals surface area contributed by atoms with Gasteiger partial charge < -0.3 is 10.2 Å². The smallest absolute Gasteiger partial charge is 0.358 e. The third-order valence-corrected chi connectivity index (χ3v) is 4.52. The fourth-order valence-electron chi connectivity index (χ4n) is 1.16. The number of hydrogen-bond donors (Lipinski definition) is 2. The predicted molar refractivity (Wildman–Crippen MR) is 63.9 cm³/mol. The van der Waals surface area contributed by atoms with Crippen molar-refractivity contribution in [1.29, 1.82) is 0 Å². The first-order valence-corrected chi connectivity index (χ1v) is 6.63. The highest BCUT2D eigenvalue weighted by molar-refractivity contribution is 8.93. The molecule has 0 aliphatic rings. The molecular formula is C12H11BrIO2+. The molecule has 0 saturated heterocycles. The first-order chi connectivity index (χ1) is 7.25. The first kappa shape index (κ1) is 13.3. The summed E-state index contributed by atoms with van der Waals surface area (Å²) in [5, 5.41) is 18.5. The van der Waals surface area contributed by atoms with E-state index in [1.807, 2.05) is 24.3 Å². The van der Waals surface area contributed by atoms with Crippen LogP contribution in [0.4, 0.5) is 0 Å². The van der Waals surface area contributed by atoms with Crippen molar-refractivity contribution >= 4 is 17.0 Å². The summed E-state index contributed by atoms with van der Waals surface area (Å²) in [6, 6.07) is 15.2. The third kappa shape index (κ3) is 3.38. The number of benzene rings is 2. The highest BCUT2D eigenvalue weighted by Crippen LogP contribution is 2.21. The van der Waals surface area contributed by atoms with E-state index in [4.69, 9.17) is 0 Å². The molecule has 0 aromatic heterocycles. The maximum atomic E-state index is 9.35. The molecule has 0 aliphatic heterocycles. The Balaban J connectivity index is 0.00000128. The number of aromatic hydroxyl groups is 2. The van der Waals surface area contributed by atoms with Crippen LogP contribution in [0.2, 0.25) is 0 Å². The third-order valence-electron chi connectivity index (χ3n) is 1.89. The van der Waals surface area contributed by atoms with E-state index >= 15 is 0 Å². The van der Waals surface area contributed by atoms with Gasteiger partial charge in [-0.3, -0.25) is 0 Å². The highest BCUT2D eigenvalue weighted by atomic mass is 127. The quantitative estimate of drug-likeness (QED) is 0.548. The monoisotopic (exact) mass is 393 g/mol. The summed E-state index contributed by atoms with van der Waals surface area (Å²) in [6.07, 6.45) is 0.